The van der Waals surface area contributed by atoms with Crippen molar-refractivity contribution in [2.45, 2.75) is 6.92 Å². The Morgan fingerprint density at radius 3 is 1.77 bits per heavy atom. The first-order chi connectivity index (χ1) is 18.7. The zero-order valence-electron chi connectivity index (χ0n) is 20.9. The fourth-order valence-electron chi connectivity index (χ4n) is 3.93. The van der Waals surface area contributed by atoms with E-state index in [1.54, 1.807) is 30.3 Å². The largest absolute Gasteiger partial charge is 0.478 e. The monoisotopic (exact) mass is 520 g/mol. The van der Waals surface area contributed by atoms with Crippen LogP contribution in [0.25, 0.3) is 12.2 Å². The minimum Gasteiger partial charge on any atom is -0.478 e. The first-order valence-electron chi connectivity index (χ1n) is 11.9. The molecule has 4 aromatic carbocycles. The molecule has 0 saturated carbocycles. The van der Waals surface area contributed by atoms with Crippen LogP contribution in [-0.4, -0.2) is 34.0 Å². The molecule has 0 aliphatic rings. The van der Waals surface area contributed by atoms with Gasteiger partial charge in [0.15, 0.2) is 0 Å². The van der Waals surface area contributed by atoms with Crippen LogP contribution >= 0.6 is 0 Å². The number of carbonyl (C=O) groups is 4. The van der Waals surface area contributed by atoms with Crippen LogP contribution in [0.1, 0.15) is 49.1 Å². The minimum absolute atomic E-state index is 0.0530. The second-order valence-electron chi connectivity index (χ2n) is 8.56. The lowest BCUT2D eigenvalue weighted by Crippen LogP contribution is -2.23. The Morgan fingerprint density at radius 2 is 1.23 bits per heavy atom. The fraction of sp³-hybridized carbons (Fsp3) is 0.0323. The van der Waals surface area contributed by atoms with Crippen LogP contribution in [0, 0.1) is 0 Å². The summed E-state index contributed by atoms with van der Waals surface area (Å²) in [6.45, 7) is 1.37. The normalized spacial score (nSPS) is 10.7. The molecule has 4 aromatic rings. The number of carbonyl (C=O) groups excluding carboxylic acids is 2. The molecule has 0 spiro atoms. The number of carboxylic acids is 2. The maximum absolute atomic E-state index is 12.9. The van der Waals surface area contributed by atoms with Gasteiger partial charge in [0.2, 0.25) is 5.91 Å². The van der Waals surface area contributed by atoms with Gasteiger partial charge >= 0.3 is 11.9 Å². The zero-order valence-corrected chi connectivity index (χ0v) is 20.9. The molecule has 39 heavy (non-hydrogen) atoms. The van der Waals surface area contributed by atoms with Crippen molar-refractivity contribution in [1.29, 1.82) is 0 Å². The number of anilines is 3. The highest BCUT2D eigenvalue weighted by molar-refractivity contribution is 6.08. The molecule has 2 amide bonds. The number of nitrogens with zero attached hydrogens (tertiary/aromatic N) is 1. The maximum atomic E-state index is 12.9. The van der Waals surface area contributed by atoms with Crippen molar-refractivity contribution in [3.05, 3.63) is 125 Å². The zero-order chi connectivity index (χ0) is 27.9. The fourth-order valence-corrected chi connectivity index (χ4v) is 3.93. The van der Waals surface area contributed by atoms with Gasteiger partial charge < -0.3 is 15.5 Å². The molecule has 0 atom stereocenters. The van der Waals surface area contributed by atoms with Crippen molar-refractivity contribution in [1.82, 2.24) is 0 Å². The van der Waals surface area contributed by atoms with E-state index >= 15 is 0 Å². The van der Waals surface area contributed by atoms with Crippen LogP contribution in [0.3, 0.4) is 0 Å². The summed E-state index contributed by atoms with van der Waals surface area (Å²) in [5, 5.41) is 21.5. The third kappa shape index (κ3) is 6.44. The van der Waals surface area contributed by atoms with Gasteiger partial charge in [-0.3, -0.25) is 14.5 Å². The van der Waals surface area contributed by atoms with Gasteiger partial charge in [-0.2, -0.15) is 0 Å². The van der Waals surface area contributed by atoms with Gasteiger partial charge in [0.1, 0.15) is 0 Å². The molecule has 0 aromatic heterocycles. The molecule has 0 aliphatic carbocycles. The molecule has 3 N–H and O–H groups in total. The molecule has 0 saturated heterocycles. The van der Waals surface area contributed by atoms with Gasteiger partial charge in [0, 0.05) is 23.9 Å². The standard InChI is InChI=1S/C31H24N2O6/c1-20(34)33(26-16-12-24(13-17-26)30(36)37)25-14-10-23(11-15-25)29(35)32-28-18-9-22(19-27(28)31(38)39)8-7-21-5-3-2-4-6-21/h2-19H,1H3,(H,32,35)(H,36,37)(H,38,39)/b8-7+. The summed E-state index contributed by atoms with van der Waals surface area (Å²) < 4.78 is 0. The summed E-state index contributed by atoms with van der Waals surface area (Å²) in [6.07, 6.45) is 3.66. The third-order valence-corrected chi connectivity index (χ3v) is 5.87. The molecule has 0 heterocycles. The van der Waals surface area contributed by atoms with E-state index in [1.807, 2.05) is 36.4 Å². The van der Waals surface area contributed by atoms with E-state index in [9.17, 15) is 24.3 Å². The number of carboxylic acid groups (broad SMARTS) is 2. The van der Waals surface area contributed by atoms with Gasteiger partial charge in [-0.1, -0.05) is 48.6 Å². The topological polar surface area (TPSA) is 124 Å². The van der Waals surface area contributed by atoms with Gasteiger partial charge in [0.05, 0.1) is 16.8 Å². The number of rotatable bonds is 8. The van der Waals surface area contributed by atoms with Gasteiger partial charge in [-0.25, -0.2) is 9.59 Å². The van der Waals surface area contributed by atoms with Crippen LogP contribution in [0.2, 0.25) is 0 Å². The summed E-state index contributed by atoms with van der Waals surface area (Å²) >= 11 is 0. The number of amides is 2. The van der Waals surface area contributed by atoms with Crippen LogP contribution in [0.4, 0.5) is 17.1 Å². The Hall–Kier alpha value is -5.50. The van der Waals surface area contributed by atoms with E-state index in [1.165, 1.54) is 54.3 Å². The van der Waals surface area contributed by atoms with Crippen molar-refractivity contribution in [3.63, 3.8) is 0 Å². The smallest absolute Gasteiger partial charge is 0.337 e. The third-order valence-electron chi connectivity index (χ3n) is 5.87. The highest BCUT2D eigenvalue weighted by atomic mass is 16.4. The number of benzene rings is 4. The van der Waals surface area contributed by atoms with E-state index in [2.05, 4.69) is 5.32 Å². The van der Waals surface area contributed by atoms with E-state index in [-0.39, 0.29) is 28.3 Å². The lowest BCUT2D eigenvalue weighted by Gasteiger charge is -2.21. The summed E-state index contributed by atoms with van der Waals surface area (Å²) in [6, 6.07) is 26.4. The van der Waals surface area contributed by atoms with E-state index in [4.69, 9.17) is 5.11 Å². The molecule has 8 heteroatoms. The van der Waals surface area contributed by atoms with Crippen LogP contribution in [0.5, 0.6) is 0 Å². The first-order valence-corrected chi connectivity index (χ1v) is 11.9. The molecule has 0 radical (unpaired) electrons. The molecule has 0 bridgehead atoms. The maximum Gasteiger partial charge on any atom is 0.337 e. The van der Waals surface area contributed by atoms with Crippen LogP contribution in [-0.2, 0) is 4.79 Å². The van der Waals surface area contributed by atoms with Gasteiger partial charge in [-0.15, -0.1) is 0 Å². The van der Waals surface area contributed by atoms with E-state index in [0.717, 1.165) is 5.56 Å². The Kier molecular flexibility index (Phi) is 7.97. The second-order valence-corrected chi connectivity index (χ2v) is 8.56. The predicted octanol–water partition coefficient (Wildman–Crippen LogP) is 6.19. The molecule has 0 fully saturated rings. The quantitative estimate of drug-likeness (QED) is 0.238. The Labute approximate surface area is 224 Å². The summed E-state index contributed by atoms with van der Waals surface area (Å²) in [5.74, 6) is -3.07. The second kappa shape index (κ2) is 11.7. The number of aromatic carboxylic acids is 2. The van der Waals surface area contributed by atoms with Crippen molar-refractivity contribution in [3.8, 4) is 0 Å². The van der Waals surface area contributed by atoms with Crippen molar-refractivity contribution < 1.29 is 29.4 Å². The van der Waals surface area contributed by atoms with Gasteiger partial charge in [-0.05, 0) is 71.8 Å². The van der Waals surface area contributed by atoms with Gasteiger partial charge in [0.25, 0.3) is 5.91 Å². The van der Waals surface area contributed by atoms with E-state index in [0.29, 0.717) is 16.9 Å². The molecule has 0 aliphatic heterocycles. The molecule has 0 unspecified atom stereocenters. The Bertz CT molecular complexity index is 1560. The SMILES string of the molecule is CC(=O)N(c1ccc(C(=O)O)cc1)c1ccc(C(=O)Nc2ccc(/C=C/c3ccccc3)cc2C(=O)O)cc1. The number of hydrogen-bond acceptors (Lipinski definition) is 4. The summed E-state index contributed by atoms with van der Waals surface area (Å²) in [5.41, 5.74) is 3.03. The number of nitrogens with one attached hydrogen (secondary N) is 1. The Morgan fingerprint density at radius 1 is 0.667 bits per heavy atom. The van der Waals surface area contributed by atoms with Crippen molar-refractivity contribution in [2.24, 2.45) is 0 Å². The number of hydrogen-bond donors (Lipinski definition) is 3. The highest BCUT2D eigenvalue weighted by Crippen LogP contribution is 2.27. The minimum atomic E-state index is -1.18. The lowest BCUT2D eigenvalue weighted by atomic mass is 10.1. The molecular weight excluding hydrogens is 496 g/mol. The summed E-state index contributed by atoms with van der Waals surface area (Å²) in [7, 11) is 0. The van der Waals surface area contributed by atoms with Crippen LogP contribution < -0.4 is 10.2 Å². The predicted molar refractivity (Wildman–Crippen MR) is 149 cm³/mol. The lowest BCUT2D eigenvalue weighted by molar-refractivity contribution is -0.115. The Balaban J connectivity index is 1.52. The molecule has 8 nitrogen and oxygen atoms in total. The van der Waals surface area contributed by atoms with Crippen molar-refractivity contribution >= 4 is 53.0 Å². The average Bonchev–Trinajstić information content (AvgIpc) is 2.93. The van der Waals surface area contributed by atoms with Crippen molar-refractivity contribution in [2.75, 3.05) is 10.2 Å². The first kappa shape index (κ1) is 26.6. The summed E-state index contributed by atoms with van der Waals surface area (Å²) in [4.78, 5) is 49.7. The van der Waals surface area contributed by atoms with Crippen LogP contribution in [0.15, 0.2) is 97.1 Å². The molecule has 4 rings (SSSR count). The average molecular weight is 521 g/mol. The highest BCUT2D eigenvalue weighted by Gasteiger charge is 2.17. The van der Waals surface area contributed by atoms with E-state index < -0.39 is 17.8 Å². The molecular formula is C31H24N2O6. The molecule has 194 valence electrons.